The molecule has 1 aliphatic rings. The Morgan fingerprint density at radius 2 is 2.10 bits per heavy atom. The summed E-state index contributed by atoms with van der Waals surface area (Å²) in [5.41, 5.74) is 9.14. The van der Waals surface area contributed by atoms with Crippen LogP contribution in [0.2, 0.25) is 0 Å². The van der Waals surface area contributed by atoms with E-state index in [2.05, 4.69) is 25.1 Å². The number of ether oxygens (including phenoxy) is 2. The highest BCUT2D eigenvalue weighted by molar-refractivity contribution is 5.97. The van der Waals surface area contributed by atoms with Crippen LogP contribution in [0.1, 0.15) is 42.5 Å². The van der Waals surface area contributed by atoms with Crippen LogP contribution in [0.3, 0.4) is 0 Å². The highest BCUT2D eigenvalue weighted by atomic mass is 19.3. The third-order valence-electron chi connectivity index (χ3n) is 5.29. The van der Waals surface area contributed by atoms with Gasteiger partial charge in [-0.1, -0.05) is 5.11 Å². The van der Waals surface area contributed by atoms with Crippen molar-refractivity contribution in [2.45, 2.75) is 44.8 Å². The van der Waals surface area contributed by atoms with E-state index in [1.807, 2.05) is 0 Å². The summed E-state index contributed by atoms with van der Waals surface area (Å²) >= 11 is 0. The van der Waals surface area contributed by atoms with Crippen LogP contribution in [0, 0.1) is 5.92 Å². The van der Waals surface area contributed by atoms with E-state index in [-0.39, 0.29) is 17.7 Å². The van der Waals surface area contributed by atoms with Gasteiger partial charge in [-0.05, 0) is 61.8 Å². The van der Waals surface area contributed by atoms with Gasteiger partial charge in [-0.2, -0.15) is 8.78 Å². The van der Waals surface area contributed by atoms with Crippen LogP contribution in [0.25, 0.3) is 21.3 Å². The number of azide groups is 1. The van der Waals surface area contributed by atoms with Crippen molar-refractivity contribution in [3.05, 3.63) is 46.5 Å². The molecule has 31 heavy (non-hydrogen) atoms. The molecule has 10 heteroatoms. The summed E-state index contributed by atoms with van der Waals surface area (Å²) in [5, 5.41) is 7.21. The number of nitrogens with one attached hydrogen (secondary N) is 1. The van der Waals surface area contributed by atoms with E-state index < -0.39 is 6.61 Å². The summed E-state index contributed by atoms with van der Waals surface area (Å²) in [7, 11) is 0. The smallest absolute Gasteiger partial charge is 0.387 e. The summed E-state index contributed by atoms with van der Waals surface area (Å²) < 4.78 is 34.7. The number of hydrogen-bond donors (Lipinski definition) is 1. The standard InChI is InChI=1S/C21H25F2N5O3/c22-21(23)31-18-7-4-15-10-16(12-25-19(15)11-18)20(29)27-17-5-2-14(3-6-17)13-30-9-1-8-26-28-24/h4,7,10-12,14,17,21H,1-3,5-6,8-9,13H2,(H,27,29). The number of carbonyl (C=O) groups is 1. The molecule has 1 aromatic carbocycles. The van der Waals surface area contributed by atoms with Crippen molar-refractivity contribution in [2.24, 2.45) is 11.0 Å². The van der Waals surface area contributed by atoms with E-state index in [0.29, 0.717) is 42.1 Å². The predicted octanol–water partition coefficient (Wildman–Crippen LogP) is 4.84. The van der Waals surface area contributed by atoms with Crippen molar-refractivity contribution in [2.75, 3.05) is 19.8 Å². The topological polar surface area (TPSA) is 109 Å². The number of aromatic nitrogens is 1. The number of pyridine rings is 1. The van der Waals surface area contributed by atoms with Gasteiger partial charge in [-0.25, -0.2) is 0 Å². The normalized spacial score (nSPS) is 18.5. The average molecular weight is 433 g/mol. The molecular weight excluding hydrogens is 408 g/mol. The monoisotopic (exact) mass is 433 g/mol. The largest absolute Gasteiger partial charge is 0.435 e. The quantitative estimate of drug-likeness (QED) is 0.250. The fraction of sp³-hybridized carbons (Fsp3) is 0.524. The zero-order valence-electron chi connectivity index (χ0n) is 17.0. The van der Waals surface area contributed by atoms with E-state index in [1.165, 1.54) is 18.3 Å². The molecule has 0 bridgehead atoms. The first-order chi connectivity index (χ1) is 15.0. The van der Waals surface area contributed by atoms with Crippen molar-refractivity contribution < 1.29 is 23.0 Å². The van der Waals surface area contributed by atoms with Gasteiger partial charge in [-0.15, -0.1) is 0 Å². The van der Waals surface area contributed by atoms with Crippen LogP contribution in [0.15, 0.2) is 35.6 Å². The van der Waals surface area contributed by atoms with E-state index in [9.17, 15) is 13.6 Å². The van der Waals surface area contributed by atoms with Gasteiger partial charge in [0, 0.05) is 48.4 Å². The summed E-state index contributed by atoms with van der Waals surface area (Å²) in [6, 6.07) is 6.25. The van der Waals surface area contributed by atoms with E-state index in [4.69, 9.17) is 10.3 Å². The molecule has 1 amide bonds. The number of halogens is 2. The number of alkyl halides is 2. The van der Waals surface area contributed by atoms with Crippen LogP contribution >= 0.6 is 0 Å². The van der Waals surface area contributed by atoms with Gasteiger partial charge in [0.25, 0.3) is 5.91 Å². The van der Waals surface area contributed by atoms with Crippen LogP contribution in [-0.4, -0.2) is 43.3 Å². The number of benzene rings is 1. The molecule has 1 saturated carbocycles. The Morgan fingerprint density at radius 1 is 1.29 bits per heavy atom. The van der Waals surface area contributed by atoms with Crippen molar-refractivity contribution in [3.63, 3.8) is 0 Å². The molecule has 1 aromatic heterocycles. The average Bonchev–Trinajstić information content (AvgIpc) is 2.76. The van der Waals surface area contributed by atoms with Crippen LogP contribution < -0.4 is 10.1 Å². The molecule has 2 aromatic rings. The number of nitrogens with zero attached hydrogens (tertiary/aromatic N) is 4. The fourth-order valence-electron chi connectivity index (χ4n) is 3.68. The summed E-state index contributed by atoms with van der Waals surface area (Å²) in [6.45, 7) is -1.18. The third kappa shape index (κ3) is 7.04. The Bertz CT molecular complexity index is 928. The van der Waals surface area contributed by atoms with E-state index >= 15 is 0 Å². The molecular formula is C21H25F2N5O3. The van der Waals surface area contributed by atoms with E-state index in [0.717, 1.165) is 32.1 Å². The summed E-state index contributed by atoms with van der Waals surface area (Å²) in [6.07, 6.45) is 5.88. The van der Waals surface area contributed by atoms with Crippen LogP contribution in [0.4, 0.5) is 8.78 Å². The fourth-order valence-corrected chi connectivity index (χ4v) is 3.68. The lowest BCUT2D eigenvalue weighted by atomic mass is 9.86. The maximum atomic E-state index is 12.6. The molecule has 1 aliphatic carbocycles. The van der Waals surface area contributed by atoms with Gasteiger partial charge >= 0.3 is 6.61 Å². The lowest BCUT2D eigenvalue weighted by molar-refractivity contribution is -0.0497. The Labute approximate surface area is 178 Å². The first-order valence-electron chi connectivity index (χ1n) is 10.3. The zero-order chi connectivity index (χ0) is 22.1. The third-order valence-corrected chi connectivity index (χ3v) is 5.29. The van der Waals surface area contributed by atoms with E-state index in [1.54, 1.807) is 12.1 Å². The first kappa shape index (κ1) is 22.7. The molecule has 0 saturated heterocycles. The van der Waals surface area contributed by atoms with Crippen molar-refractivity contribution >= 4 is 16.8 Å². The van der Waals surface area contributed by atoms with Crippen LogP contribution in [0.5, 0.6) is 5.75 Å². The highest BCUT2D eigenvalue weighted by Crippen LogP contribution is 2.25. The van der Waals surface area contributed by atoms with Gasteiger partial charge < -0.3 is 14.8 Å². The van der Waals surface area contributed by atoms with Gasteiger partial charge in [0.2, 0.25) is 0 Å². The van der Waals surface area contributed by atoms with Gasteiger partial charge in [0.15, 0.2) is 0 Å². The molecule has 0 unspecified atom stereocenters. The highest BCUT2D eigenvalue weighted by Gasteiger charge is 2.23. The lowest BCUT2D eigenvalue weighted by Gasteiger charge is -2.29. The first-order valence-corrected chi connectivity index (χ1v) is 10.3. The molecule has 0 radical (unpaired) electrons. The van der Waals surface area contributed by atoms with Gasteiger partial charge in [0.1, 0.15) is 5.75 Å². The number of fused-ring (bicyclic) bond motifs is 1. The molecule has 8 nitrogen and oxygen atoms in total. The minimum atomic E-state index is -2.90. The minimum absolute atomic E-state index is 0.0311. The molecule has 1 heterocycles. The van der Waals surface area contributed by atoms with Crippen molar-refractivity contribution in [1.29, 1.82) is 0 Å². The molecule has 3 rings (SSSR count). The Morgan fingerprint density at radius 3 is 2.84 bits per heavy atom. The molecule has 0 spiro atoms. The molecule has 1 N–H and O–H groups in total. The van der Waals surface area contributed by atoms with Gasteiger partial charge in [-0.3, -0.25) is 9.78 Å². The number of carbonyl (C=O) groups excluding carboxylic acids is 1. The molecule has 1 fully saturated rings. The summed E-state index contributed by atoms with van der Waals surface area (Å²) in [4.78, 5) is 19.5. The molecule has 0 aliphatic heterocycles. The Balaban J connectivity index is 1.45. The second-order valence-corrected chi connectivity index (χ2v) is 7.53. The number of amides is 1. The van der Waals surface area contributed by atoms with Gasteiger partial charge in [0.05, 0.1) is 11.1 Å². The minimum Gasteiger partial charge on any atom is -0.435 e. The molecule has 0 atom stereocenters. The molecule has 166 valence electrons. The van der Waals surface area contributed by atoms with Crippen molar-refractivity contribution in [1.82, 2.24) is 10.3 Å². The maximum absolute atomic E-state index is 12.6. The maximum Gasteiger partial charge on any atom is 0.387 e. The Hall–Kier alpha value is -2.97. The van der Waals surface area contributed by atoms with Crippen LogP contribution in [-0.2, 0) is 4.74 Å². The second kappa shape index (κ2) is 11.4. The predicted molar refractivity (Wildman–Crippen MR) is 111 cm³/mol. The SMILES string of the molecule is [N-]=[N+]=NCCCOCC1CCC(NC(=O)c2cnc3cc(OC(F)F)ccc3c2)CC1. The number of rotatable bonds is 10. The lowest BCUT2D eigenvalue weighted by Crippen LogP contribution is -2.38. The second-order valence-electron chi connectivity index (χ2n) is 7.53. The zero-order valence-corrected chi connectivity index (χ0v) is 17.0. The summed E-state index contributed by atoms with van der Waals surface area (Å²) in [5.74, 6) is 0.309. The van der Waals surface area contributed by atoms with Crippen molar-refractivity contribution in [3.8, 4) is 5.75 Å². The Kier molecular flexibility index (Phi) is 8.37. The number of hydrogen-bond acceptors (Lipinski definition) is 5.